The molecule has 1 aromatic carbocycles. The van der Waals surface area contributed by atoms with Crippen LogP contribution in [0.3, 0.4) is 0 Å². The van der Waals surface area contributed by atoms with E-state index in [4.69, 9.17) is 0 Å². The lowest BCUT2D eigenvalue weighted by atomic mass is 10.3. The predicted molar refractivity (Wildman–Crippen MR) is 72.0 cm³/mol. The molecular weight excluding hydrogens is 289 g/mol. The van der Waals surface area contributed by atoms with Gasteiger partial charge >= 0.3 is 6.36 Å². The van der Waals surface area contributed by atoms with E-state index in [-0.39, 0.29) is 11.4 Å². The third-order valence-electron chi connectivity index (χ3n) is 2.62. The molecule has 0 spiro atoms. The molecule has 0 saturated heterocycles. The molecule has 0 aliphatic carbocycles. The van der Waals surface area contributed by atoms with Gasteiger partial charge in [-0.2, -0.15) is 0 Å². The Morgan fingerprint density at radius 2 is 1.95 bits per heavy atom. The summed E-state index contributed by atoms with van der Waals surface area (Å²) in [6, 6.07) is 5.94. The molecule has 3 nitrogen and oxygen atoms in total. The van der Waals surface area contributed by atoms with Gasteiger partial charge in [0.2, 0.25) is 0 Å². The Hall–Kier alpha value is -1.76. The van der Waals surface area contributed by atoms with Crippen molar-refractivity contribution in [3.8, 4) is 5.75 Å². The molecule has 2 aromatic rings. The van der Waals surface area contributed by atoms with E-state index >= 15 is 0 Å². The van der Waals surface area contributed by atoms with E-state index in [0.717, 1.165) is 15.6 Å². The van der Waals surface area contributed by atoms with Gasteiger partial charge in [0.1, 0.15) is 5.01 Å². The smallest absolute Gasteiger partial charge is 0.404 e. The van der Waals surface area contributed by atoms with E-state index in [0.29, 0.717) is 6.54 Å². The minimum Gasteiger partial charge on any atom is -0.404 e. The van der Waals surface area contributed by atoms with Gasteiger partial charge in [-0.25, -0.2) is 4.98 Å². The predicted octanol–water partition coefficient (Wildman–Crippen LogP) is 4.27. The summed E-state index contributed by atoms with van der Waals surface area (Å²) in [6.07, 6.45) is -4.70. The highest BCUT2D eigenvalue weighted by Gasteiger charge is 2.32. The normalized spacial score (nSPS) is 11.4. The molecule has 0 saturated carbocycles. The van der Waals surface area contributed by atoms with Crippen LogP contribution in [0.15, 0.2) is 24.3 Å². The SMILES string of the molecule is Cc1nc(CNc2ccccc2OC(F)(F)F)sc1C. The van der Waals surface area contributed by atoms with Gasteiger partial charge < -0.3 is 10.1 Å². The lowest BCUT2D eigenvalue weighted by Gasteiger charge is -2.13. The molecule has 1 aromatic heterocycles. The van der Waals surface area contributed by atoms with Gasteiger partial charge in [-0.05, 0) is 26.0 Å². The number of thiazole rings is 1. The zero-order valence-electron chi connectivity index (χ0n) is 10.9. The van der Waals surface area contributed by atoms with E-state index in [9.17, 15) is 13.2 Å². The minimum absolute atomic E-state index is 0.245. The van der Waals surface area contributed by atoms with Gasteiger partial charge in [-0.3, -0.25) is 0 Å². The van der Waals surface area contributed by atoms with Crippen molar-refractivity contribution in [1.29, 1.82) is 0 Å². The van der Waals surface area contributed by atoms with Crippen LogP contribution in [0, 0.1) is 13.8 Å². The standard InChI is InChI=1S/C13H13F3N2OS/c1-8-9(2)20-12(18-8)7-17-10-5-3-4-6-11(10)19-13(14,15)16/h3-6,17H,7H2,1-2H3. The number of benzene rings is 1. The molecule has 2 rings (SSSR count). The van der Waals surface area contributed by atoms with Gasteiger partial charge in [0.15, 0.2) is 5.75 Å². The number of anilines is 1. The number of alkyl halides is 3. The first-order chi connectivity index (χ1) is 9.35. The van der Waals surface area contributed by atoms with Crippen LogP contribution in [-0.2, 0) is 6.54 Å². The molecule has 0 fully saturated rings. The molecule has 0 aliphatic rings. The van der Waals surface area contributed by atoms with E-state index in [1.54, 1.807) is 6.07 Å². The second kappa shape index (κ2) is 5.70. The molecular formula is C13H13F3N2OS. The third-order valence-corrected chi connectivity index (χ3v) is 3.69. The molecule has 7 heteroatoms. The zero-order valence-corrected chi connectivity index (χ0v) is 11.7. The van der Waals surface area contributed by atoms with Crippen molar-refractivity contribution >= 4 is 17.0 Å². The summed E-state index contributed by atoms with van der Waals surface area (Å²) >= 11 is 1.52. The number of para-hydroxylation sites is 2. The van der Waals surface area contributed by atoms with Crippen LogP contribution in [0.5, 0.6) is 5.75 Å². The Balaban J connectivity index is 2.09. The van der Waals surface area contributed by atoms with Crippen LogP contribution in [0.25, 0.3) is 0 Å². The van der Waals surface area contributed by atoms with Crippen molar-refractivity contribution in [2.24, 2.45) is 0 Å². The average molecular weight is 302 g/mol. The topological polar surface area (TPSA) is 34.2 Å². The number of hydrogen-bond acceptors (Lipinski definition) is 4. The van der Waals surface area contributed by atoms with Crippen LogP contribution in [0.2, 0.25) is 0 Å². The van der Waals surface area contributed by atoms with Crippen molar-refractivity contribution in [3.63, 3.8) is 0 Å². The Morgan fingerprint density at radius 3 is 2.55 bits per heavy atom. The van der Waals surface area contributed by atoms with Crippen LogP contribution < -0.4 is 10.1 Å². The first-order valence-corrected chi connectivity index (χ1v) is 6.68. The van der Waals surface area contributed by atoms with Crippen molar-refractivity contribution in [3.05, 3.63) is 39.8 Å². The highest BCUT2D eigenvalue weighted by atomic mass is 32.1. The van der Waals surface area contributed by atoms with Crippen LogP contribution in [-0.4, -0.2) is 11.3 Å². The largest absolute Gasteiger partial charge is 0.573 e. The molecule has 0 unspecified atom stereocenters. The average Bonchev–Trinajstić information content (AvgIpc) is 2.66. The number of rotatable bonds is 4. The lowest BCUT2D eigenvalue weighted by Crippen LogP contribution is -2.18. The van der Waals surface area contributed by atoms with E-state index in [2.05, 4.69) is 15.0 Å². The highest BCUT2D eigenvalue weighted by molar-refractivity contribution is 7.11. The van der Waals surface area contributed by atoms with Crippen molar-refractivity contribution in [2.45, 2.75) is 26.8 Å². The van der Waals surface area contributed by atoms with Gasteiger partial charge in [-0.15, -0.1) is 24.5 Å². The Labute approximate surface area is 118 Å². The lowest BCUT2D eigenvalue weighted by molar-refractivity contribution is -0.274. The molecule has 1 heterocycles. The molecule has 1 N–H and O–H groups in total. The second-order valence-corrected chi connectivity index (χ2v) is 5.43. The summed E-state index contributed by atoms with van der Waals surface area (Å²) in [5.74, 6) is -0.245. The monoisotopic (exact) mass is 302 g/mol. The van der Waals surface area contributed by atoms with Crippen LogP contribution in [0.1, 0.15) is 15.6 Å². The van der Waals surface area contributed by atoms with E-state index in [1.807, 2.05) is 13.8 Å². The van der Waals surface area contributed by atoms with Crippen molar-refractivity contribution < 1.29 is 17.9 Å². The van der Waals surface area contributed by atoms with Crippen molar-refractivity contribution in [2.75, 3.05) is 5.32 Å². The minimum atomic E-state index is -4.70. The first kappa shape index (κ1) is 14.6. The first-order valence-electron chi connectivity index (χ1n) is 5.87. The highest BCUT2D eigenvalue weighted by Crippen LogP contribution is 2.30. The summed E-state index contributed by atoms with van der Waals surface area (Å²) < 4.78 is 40.8. The quantitative estimate of drug-likeness (QED) is 0.915. The number of aryl methyl sites for hydroxylation is 2. The number of nitrogens with zero attached hydrogens (tertiary/aromatic N) is 1. The van der Waals surface area contributed by atoms with Gasteiger partial charge in [-0.1, -0.05) is 12.1 Å². The number of aromatic nitrogens is 1. The number of nitrogens with one attached hydrogen (secondary N) is 1. The molecule has 0 amide bonds. The maximum absolute atomic E-state index is 12.3. The molecule has 108 valence electrons. The van der Waals surface area contributed by atoms with E-state index in [1.165, 1.54) is 29.5 Å². The zero-order chi connectivity index (χ0) is 14.8. The molecule has 20 heavy (non-hydrogen) atoms. The van der Waals surface area contributed by atoms with Crippen LogP contribution >= 0.6 is 11.3 Å². The van der Waals surface area contributed by atoms with E-state index < -0.39 is 6.36 Å². The molecule has 0 radical (unpaired) electrons. The molecule has 0 bridgehead atoms. The van der Waals surface area contributed by atoms with Crippen molar-refractivity contribution in [1.82, 2.24) is 4.98 Å². The summed E-state index contributed by atoms with van der Waals surface area (Å²) in [4.78, 5) is 5.42. The Morgan fingerprint density at radius 1 is 1.25 bits per heavy atom. The number of ether oxygens (including phenoxy) is 1. The fourth-order valence-electron chi connectivity index (χ4n) is 1.61. The third kappa shape index (κ3) is 3.86. The summed E-state index contributed by atoms with van der Waals surface area (Å²) in [7, 11) is 0. The summed E-state index contributed by atoms with van der Waals surface area (Å²) in [6.45, 7) is 4.21. The fourth-order valence-corrected chi connectivity index (χ4v) is 2.49. The van der Waals surface area contributed by atoms with Gasteiger partial charge in [0.25, 0.3) is 0 Å². The summed E-state index contributed by atoms with van der Waals surface area (Å²) in [5, 5.41) is 3.74. The maximum Gasteiger partial charge on any atom is 0.573 e. The number of halogens is 3. The fraction of sp³-hybridized carbons (Fsp3) is 0.308. The maximum atomic E-state index is 12.3. The van der Waals surface area contributed by atoms with Crippen LogP contribution in [0.4, 0.5) is 18.9 Å². The molecule has 0 atom stereocenters. The number of hydrogen-bond donors (Lipinski definition) is 1. The van der Waals surface area contributed by atoms with Gasteiger partial charge in [0.05, 0.1) is 17.9 Å². The molecule has 0 aliphatic heterocycles. The van der Waals surface area contributed by atoms with Gasteiger partial charge in [0, 0.05) is 4.88 Å². The summed E-state index contributed by atoms with van der Waals surface area (Å²) in [5.41, 5.74) is 1.22. The second-order valence-electron chi connectivity index (χ2n) is 4.15. The Kier molecular flexibility index (Phi) is 4.17. The Bertz CT molecular complexity index is 576.